The van der Waals surface area contributed by atoms with E-state index in [1.54, 1.807) is 17.7 Å². The van der Waals surface area contributed by atoms with Crippen molar-refractivity contribution in [3.8, 4) is 0 Å². The second-order valence-corrected chi connectivity index (χ2v) is 7.18. The molecule has 2 saturated heterocycles. The van der Waals surface area contributed by atoms with E-state index in [0.29, 0.717) is 6.04 Å². The zero-order chi connectivity index (χ0) is 14.4. The SMILES string of the molecule is CCC1CN2CCCC2CN1c1ncnc2c(C)csc12. The quantitative estimate of drug-likeness (QED) is 0.853. The van der Waals surface area contributed by atoms with E-state index < -0.39 is 0 Å². The maximum Gasteiger partial charge on any atom is 0.150 e. The summed E-state index contributed by atoms with van der Waals surface area (Å²) in [4.78, 5) is 14.4. The van der Waals surface area contributed by atoms with Crippen molar-refractivity contribution in [2.24, 2.45) is 0 Å². The second-order valence-electron chi connectivity index (χ2n) is 6.30. The topological polar surface area (TPSA) is 32.3 Å². The molecule has 2 unspecified atom stereocenters. The molecule has 0 amide bonds. The van der Waals surface area contributed by atoms with Crippen molar-refractivity contribution < 1.29 is 0 Å². The van der Waals surface area contributed by atoms with E-state index in [9.17, 15) is 0 Å². The number of rotatable bonds is 2. The van der Waals surface area contributed by atoms with E-state index in [4.69, 9.17) is 0 Å². The Morgan fingerprint density at radius 1 is 1.33 bits per heavy atom. The minimum Gasteiger partial charge on any atom is -0.349 e. The predicted molar refractivity (Wildman–Crippen MR) is 88.2 cm³/mol. The Hall–Kier alpha value is -1.20. The first-order valence-corrected chi connectivity index (χ1v) is 8.85. The summed E-state index contributed by atoms with van der Waals surface area (Å²) in [6, 6.07) is 1.30. The number of fused-ring (bicyclic) bond motifs is 2. The molecule has 0 radical (unpaired) electrons. The zero-order valence-corrected chi connectivity index (χ0v) is 13.6. The van der Waals surface area contributed by atoms with Gasteiger partial charge in [0.1, 0.15) is 12.1 Å². The molecule has 2 aliphatic rings. The Morgan fingerprint density at radius 2 is 2.24 bits per heavy atom. The molecule has 21 heavy (non-hydrogen) atoms. The van der Waals surface area contributed by atoms with Crippen LogP contribution in [0.5, 0.6) is 0 Å². The monoisotopic (exact) mass is 302 g/mol. The Bertz CT molecular complexity index is 653. The zero-order valence-electron chi connectivity index (χ0n) is 12.7. The van der Waals surface area contributed by atoms with E-state index in [-0.39, 0.29) is 0 Å². The average molecular weight is 302 g/mol. The molecule has 2 aromatic heterocycles. The molecule has 2 fully saturated rings. The smallest absolute Gasteiger partial charge is 0.150 e. The van der Waals surface area contributed by atoms with E-state index >= 15 is 0 Å². The van der Waals surface area contributed by atoms with Gasteiger partial charge in [-0.2, -0.15) is 0 Å². The second kappa shape index (κ2) is 5.21. The van der Waals surface area contributed by atoms with Gasteiger partial charge in [-0.3, -0.25) is 4.90 Å². The molecule has 0 spiro atoms. The van der Waals surface area contributed by atoms with Gasteiger partial charge in [0.05, 0.1) is 10.2 Å². The van der Waals surface area contributed by atoms with Gasteiger partial charge in [-0.15, -0.1) is 11.3 Å². The van der Waals surface area contributed by atoms with Crippen LogP contribution in [0, 0.1) is 6.92 Å². The van der Waals surface area contributed by atoms with Crippen LogP contribution in [-0.2, 0) is 0 Å². The lowest BCUT2D eigenvalue weighted by molar-refractivity contribution is 0.194. The van der Waals surface area contributed by atoms with Gasteiger partial charge in [-0.1, -0.05) is 6.92 Å². The number of hydrogen-bond donors (Lipinski definition) is 0. The Kier molecular flexibility index (Phi) is 3.34. The van der Waals surface area contributed by atoms with Crippen LogP contribution in [0.4, 0.5) is 5.82 Å². The lowest BCUT2D eigenvalue weighted by Gasteiger charge is -2.44. The summed E-state index contributed by atoms with van der Waals surface area (Å²) in [5, 5.41) is 2.20. The van der Waals surface area contributed by atoms with Crippen LogP contribution in [0.1, 0.15) is 31.7 Å². The summed E-state index contributed by atoms with van der Waals surface area (Å²) in [5.74, 6) is 1.16. The molecule has 0 aliphatic carbocycles. The van der Waals surface area contributed by atoms with E-state index in [1.807, 2.05) is 0 Å². The summed E-state index contributed by atoms with van der Waals surface area (Å²) in [6.45, 7) is 8.04. The fourth-order valence-corrected chi connectivity index (χ4v) is 4.87. The van der Waals surface area contributed by atoms with Crippen LogP contribution >= 0.6 is 11.3 Å². The van der Waals surface area contributed by atoms with Crippen molar-refractivity contribution in [1.29, 1.82) is 0 Å². The molecule has 0 bridgehead atoms. The molecule has 5 heteroatoms. The number of piperazine rings is 1. The van der Waals surface area contributed by atoms with Gasteiger partial charge < -0.3 is 4.90 Å². The van der Waals surface area contributed by atoms with Gasteiger partial charge >= 0.3 is 0 Å². The summed E-state index contributed by atoms with van der Waals surface area (Å²) in [6.07, 6.45) is 5.61. The van der Waals surface area contributed by atoms with Gasteiger partial charge in [0.25, 0.3) is 0 Å². The van der Waals surface area contributed by atoms with Crippen molar-refractivity contribution >= 4 is 27.4 Å². The van der Waals surface area contributed by atoms with Gasteiger partial charge in [0.15, 0.2) is 0 Å². The highest BCUT2D eigenvalue weighted by Crippen LogP contribution is 2.35. The molecular weight excluding hydrogens is 280 g/mol. The van der Waals surface area contributed by atoms with Crippen LogP contribution in [0.3, 0.4) is 0 Å². The lowest BCUT2D eigenvalue weighted by Crippen LogP contribution is -2.56. The fourth-order valence-electron chi connectivity index (χ4n) is 3.86. The summed E-state index contributed by atoms with van der Waals surface area (Å²) >= 11 is 1.79. The van der Waals surface area contributed by atoms with E-state index in [2.05, 4.69) is 39.0 Å². The molecule has 4 heterocycles. The van der Waals surface area contributed by atoms with Gasteiger partial charge in [-0.25, -0.2) is 9.97 Å². The number of nitrogens with zero attached hydrogens (tertiary/aromatic N) is 4. The van der Waals surface area contributed by atoms with Crippen LogP contribution in [-0.4, -0.2) is 46.6 Å². The molecular formula is C16H22N4S. The number of aromatic nitrogens is 2. The summed E-state index contributed by atoms with van der Waals surface area (Å²) < 4.78 is 1.26. The lowest BCUT2D eigenvalue weighted by atomic mass is 10.0. The highest BCUT2D eigenvalue weighted by Gasteiger charge is 2.36. The normalized spacial score (nSPS) is 26.5. The van der Waals surface area contributed by atoms with Crippen LogP contribution in [0.25, 0.3) is 10.2 Å². The highest BCUT2D eigenvalue weighted by atomic mass is 32.1. The average Bonchev–Trinajstić information content (AvgIpc) is 3.12. The predicted octanol–water partition coefficient (Wildman–Crippen LogP) is 3.06. The Labute approximate surface area is 129 Å². The Balaban J connectivity index is 1.75. The summed E-state index contributed by atoms with van der Waals surface area (Å²) in [7, 11) is 0. The molecule has 2 aliphatic heterocycles. The number of thiophene rings is 1. The van der Waals surface area contributed by atoms with Crippen molar-refractivity contribution in [2.75, 3.05) is 24.5 Å². The molecule has 112 valence electrons. The minimum absolute atomic E-state index is 0.583. The third-order valence-corrected chi connectivity index (χ3v) is 6.13. The third-order valence-electron chi connectivity index (χ3n) is 5.05. The van der Waals surface area contributed by atoms with E-state index in [0.717, 1.165) is 23.9 Å². The third kappa shape index (κ3) is 2.14. The molecule has 0 aromatic carbocycles. The fraction of sp³-hybridized carbons (Fsp3) is 0.625. The van der Waals surface area contributed by atoms with Gasteiger partial charge in [0.2, 0.25) is 0 Å². The van der Waals surface area contributed by atoms with Crippen molar-refractivity contribution in [2.45, 2.75) is 45.2 Å². The minimum atomic E-state index is 0.583. The van der Waals surface area contributed by atoms with Crippen molar-refractivity contribution in [1.82, 2.24) is 14.9 Å². The van der Waals surface area contributed by atoms with Crippen molar-refractivity contribution in [3.63, 3.8) is 0 Å². The van der Waals surface area contributed by atoms with Crippen molar-refractivity contribution in [3.05, 3.63) is 17.3 Å². The largest absolute Gasteiger partial charge is 0.349 e. The first-order chi connectivity index (χ1) is 10.3. The van der Waals surface area contributed by atoms with Crippen LogP contribution < -0.4 is 4.90 Å². The Morgan fingerprint density at radius 3 is 3.10 bits per heavy atom. The maximum atomic E-state index is 4.66. The van der Waals surface area contributed by atoms with Gasteiger partial charge in [0, 0.05) is 25.2 Å². The van der Waals surface area contributed by atoms with Gasteiger partial charge in [-0.05, 0) is 43.7 Å². The molecule has 2 aromatic rings. The molecule has 4 nitrogen and oxygen atoms in total. The standard InChI is InChI=1S/C16H22N4S/c1-3-12-7-19-6-4-5-13(19)8-20(12)16-15-14(17-10-18-16)11(2)9-21-15/h9-10,12-13H,3-8H2,1-2H3. The molecule has 0 saturated carbocycles. The number of hydrogen-bond acceptors (Lipinski definition) is 5. The first kappa shape index (κ1) is 13.5. The number of aryl methyl sites for hydroxylation is 1. The van der Waals surface area contributed by atoms with E-state index in [1.165, 1.54) is 42.6 Å². The molecule has 4 rings (SSSR count). The molecule has 2 atom stereocenters. The first-order valence-electron chi connectivity index (χ1n) is 7.97. The molecule has 0 N–H and O–H groups in total. The number of anilines is 1. The maximum absolute atomic E-state index is 4.66. The summed E-state index contributed by atoms with van der Waals surface area (Å²) in [5.41, 5.74) is 2.40. The van der Waals surface area contributed by atoms with Crippen LogP contribution in [0.15, 0.2) is 11.7 Å². The highest BCUT2D eigenvalue weighted by molar-refractivity contribution is 7.18. The van der Waals surface area contributed by atoms with Crippen LogP contribution in [0.2, 0.25) is 0 Å².